The largest absolute Gasteiger partial charge is 0.480 e. The molecule has 0 atom stereocenters. The van der Waals surface area contributed by atoms with Gasteiger partial charge in [0.25, 0.3) is 0 Å². The molecule has 1 aromatic carbocycles. The minimum Gasteiger partial charge on any atom is -0.480 e. The summed E-state index contributed by atoms with van der Waals surface area (Å²) in [6.07, 6.45) is 1.59. The van der Waals surface area contributed by atoms with Gasteiger partial charge in [-0.3, -0.25) is 10.1 Å². The zero-order chi connectivity index (χ0) is 14.7. The second kappa shape index (κ2) is 5.66. The first-order valence-corrected chi connectivity index (χ1v) is 6.35. The minimum atomic E-state index is -1.27. The van der Waals surface area contributed by atoms with E-state index in [0.29, 0.717) is 0 Å². The lowest BCUT2D eigenvalue weighted by atomic mass is 10.2. The SMILES string of the molecule is Cc1ncc(COc2c(C(=O)O)cccc2[N+](=O)[O-])s1. The molecule has 1 heterocycles. The van der Waals surface area contributed by atoms with Crippen molar-refractivity contribution < 1.29 is 19.6 Å². The van der Waals surface area contributed by atoms with E-state index in [1.54, 1.807) is 6.20 Å². The van der Waals surface area contributed by atoms with E-state index in [1.165, 1.54) is 29.5 Å². The van der Waals surface area contributed by atoms with Gasteiger partial charge in [0, 0.05) is 12.3 Å². The Bertz CT molecular complexity index is 635. The minimum absolute atomic E-state index is 0.0383. The first kappa shape index (κ1) is 13.9. The summed E-state index contributed by atoms with van der Waals surface area (Å²) in [5, 5.41) is 20.8. The quantitative estimate of drug-likeness (QED) is 0.671. The number of aromatic carboxylic acids is 1. The normalized spacial score (nSPS) is 10.2. The van der Waals surface area contributed by atoms with Crippen molar-refractivity contribution in [2.75, 3.05) is 0 Å². The molecule has 0 saturated carbocycles. The van der Waals surface area contributed by atoms with Gasteiger partial charge in [0.05, 0.1) is 14.8 Å². The van der Waals surface area contributed by atoms with Crippen molar-refractivity contribution in [2.24, 2.45) is 0 Å². The topological polar surface area (TPSA) is 103 Å². The predicted octanol–water partition coefficient (Wildman–Crippen LogP) is 2.64. The highest BCUT2D eigenvalue weighted by Crippen LogP contribution is 2.32. The van der Waals surface area contributed by atoms with Gasteiger partial charge >= 0.3 is 11.7 Å². The summed E-state index contributed by atoms with van der Waals surface area (Å²) in [6, 6.07) is 3.79. The highest BCUT2D eigenvalue weighted by Gasteiger charge is 2.23. The van der Waals surface area contributed by atoms with Gasteiger partial charge in [0.1, 0.15) is 12.2 Å². The molecule has 0 saturated heterocycles. The number of nitro groups is 1. The number of rotatable bonds is 5. The molecular weight excluding hydrogens is 284 g/mol. The molecule has 0 amide bonds. The van der Waals surface area contributed by atoms with Gasteiger partial charge in [-0.25, -0.2) is 9.78 Å². The monoisotopic (exact) mass is 294 g/mol. The second-order valence-corrected chi connectivity index (χ2v) is 5.17. The standard InChI is InChI=1S/C12H10N2O5S/c1-7-13-5-8(20-7)6-19-11-9(12(15)16)3-2-4-10(11)14(17)18/h2-5H,6H2,1H3,(H,15,16). The summed E-state index contributed by atoms with van der Waals surface area (Å²) >= 11 is 1.38. The van der Waals surface area contributed by atoms with E-state index in [2.05, 4.69) is 4.98 Å². The van der Waals surface area contributed by atoms with Crippen molar-refractivity contribution in [3.05, 3.63) is 50.0 Å². The number of ether oxygens (including phenoxy) is 1. The Labute approximate surface area is 117 Å². The number of carboxylic acid groups (broad SMARTS) is 1. The zero-order valence-corrected chi connectivity index (χ0v) is 11.2. The number of benzene rings is 1. The molecule has 1 aromatic heterocycles. The van der Waals surface area contributed by atoms with Crippen LogP contribution < -0.4 is 4.74 Å². The third-order valence-corrected chi connectivity index (χ3v) is 3.34. The van der Waals surface area contributed by atoms with Crippen LogP contribution >= 0.6 is 11.3 Å². The van der Waals surface area contributed by atoms with Crippen molar-refractivity contribution in [1.29, 1.82) is 0 Å². The summed E-state index contributed by atoms with van der Waals surface area (Å²) in [5.74, 6) is -1.51. The number of aryl methyl sites for hydroxylation is 1. The molecule has 8 heteroatoms. The van der Waals surface area contributed by atoms with Crippen molar-refractivity contribution in [2.45, 2.75) is 13.5 Å². The molecule has 0 bridgehead atoms. The van der Waals surface area contributed by atoms with Crippen LogP contribution in [0.2, 0.25) is 0 Å². The second-order valence-electron chi connectivity index (χ2n) is 3.85. The maximum atomic E-state index is 11.1. The number of carboxylic acids is 1. The summed E-state index contributed by atoms with van der Waals surface area (Å²) in [4.78, 5) is 26.2. The van der Waals surface area contributed by atoms with E-state index >= 15 is 0 Å². The van der Waals surface area contributed by atoms with Crippen LogP contribution in [0.5, 0.6) is 5.75 Å². The van der Waals surface area contributed by atoms with Crippen LogP contribution in [-0.2, 0) is 6.61 Å². The van der Waals surface area contributed by atoms with Crippen LogP contribution in [-0.4, -0.2) is 21.0 Å². The molecule has 0 aliphatic rings. The molecule has 7 nitrogen and oxygen atoms in total. The first-order chi connectivity index (χ1) is 9.49. The molecule has 0 fully saturated rings. The summed E-state index contributed by atoms with van der Waals surface area (Å²) in [7, 11) is 0. The van der Waals surface area contributed by atoms with Crippen LogP contribution in [0.4, 0.5) is 5.69 Å². The van der Waals surface area contributed by atoms with Crippen LogP contribution in [0.1, 0.15) is 20.2 Å². The van der Waals surface area contributed by atoms with Gasteiger partial charge in [-0.2, -0.15) is 0 Å². The van der Waals surface area contributed by atoms with E-state index in [1.807, 2.05) is 6.92 Å². The van der Waals surface area contributed by atoms with Gasteiger partial charge in [-0.15, -0.1) is 11.3 Å². The molecular formula is C12H10N2O5S. The maximum absolute atomic E-state index is 11.1. The van der Waals surface area contributed by atoms with E-state index < -0.39 is 10.9 Å². The summed E-state index contributed by atoms with van der Waals surface area (Å²) in [5.41, 5.74) is -0.605. The Morgan fingerprint density at radius 1 is 1.55 bits per heavy atom. The third-order valence-electron chi connectivity index (χ3n) is 2.45. The van der Waals surface area contributed by atoms with E-state index in [9.17, 15) is 14.9 Å². The Morgan fingerprint density at radius 3 is 2.85 bits per heavy atom. The lowest BCUT2D eigenvalue weighted by Gasteiger charge is -2.08. The van der Waals surface area contributed by atoms with Crippen molar-refractivity contribution in [1.82, 2.24) is 4.98 Å². The van der Waals surface area contributed by atoms with Crippen molar-refractivity contribution in [3.8, 4) is 5.75 Å². The number of nitrogens with zero attached hydrogens (tertiary/aromatic N) is 2. The highest BCUT2D eigenvalue weighted by molar-refractivity contribution is 7.11. The molecule has 0 unspecified atom stereocenters. The first-order valence-electron chi connectivity index (χ1n) is 5.54. The molecule has 2 rings (SSSR count). The molecule has 0 spiro atoms. The van der Waals surface area contributed by atoms with Crippen LogP contribution in [0.15, 0.2) is 24.4 Å². The average molecular weight is 294 g/mol. The molecule has 104 valence electrons. The number of aromatic nitrogens is 1. The van der Waals surface area contributed by atoms with Crippen molar-refractivity contribution in [3.63, 3.8) is 0 Å². The maximum Gasteiger partial charge on any atom is 0.339 e. The molecule has 2 aromatic rings. The number of carbonyl (C=O) groups is 1. The smallest absolute Gasteiger partial charge is 0.339 e. The molecule has 0 aliphatic heterocycles. The summed E-state index contributed by atoms with van der Waals surface area (Å²) in [6.45, 7) is 1.86. The Kier molecular flexibility index (Phi) is 3.94. The number of para-hydroxylation sites is 1. The average Bonchev–Trinajstić information content (AvgIpc) is 2.81. The van der Waals surface area contributed by atoms with Crippen LogP contribution in [0.25, 0.3) is 0 Å². The van der Waals surface area contributed by atoms with Gasteiger partial charge < -0.3 is 9.84 Å². The van der Waals surface area contributed by atoms with Crippen LogP contribution in [0.3, 0.4) is 0 Å². The zero-order valence-electron chi connectivity index (χ0n) is 10.4. The Hall–Kier alpha value is -2.48. The Balaban J connectivity index is 2.32. The number of thiazole rings is 1. The van der Waals surface area contributed by atoms with E-state index in [4.69, 9.17) is 9.84 Å². The lowest BCUT2D eigenvalue weighted by Crippen LogP contribution is -2.05. The number of hydrogen-bond acceptors (Lipinski definition) is 6. The van der Waals surface area contributed by atoms with Gasteiger partial charge in [-0.05, 0) is 13.0 Å². The third kappa shape index (κ3) is 2.91. The molecule has 0 aliphatic carbocycles. The predicted molar refractivity (Wildman–Crippen MR) is 71.2 cm³/mol. The summed E-state index contributed by atoms with van der Waals surface area (Å²) < 4.78 is 5.34. The molecule has 1 N–H and O–H groups in total. The van der Waals surface area contributed by atoms with Gasteiger partial charge in [0.15, 0.2) is 0 Å². The molecule has 0 radical (unpaired) electrons. The lowest BCUT2D eigenvalue weighted by molar-refractivity contribution is -0.386. The van der Waals surface area contributed by atoms with Crippen LogP contribution in [0, 0.1) is 17.0 Å². The van der Waals surface area contributed by atoms with Gasteiger partial charge in [-0.1, -0.05) is 6.07 Å². The van der Waals surface area contributed by atoms with E-state index in [0.717, 1.165) is 9.88 Å². The Morgan fingerprint density at radius 2 is 2.30 bits per heavy atom. The fourth-order valence-electron chi connectivity index (χ4n) is 1.60. The highest BCUT2D eigenvalue weighted by atomic mass is 32.1. The fraction of sp³-hybridized carbons (Fsp3) is 0.167. The van der Waals surface area contributed by atoms with E-state index in [-0.39, 0.29) is 23.6 Å². The van der Waals surface area contributed by atoms with Gasteiger partial charge in [0.2, 0.25) is 5.75 Å². The molecule has 20 heavy (non-hydrogen) atoms. The number of hydrogen-bond donors (Lipinski definition) is 1. The number of nitro benzene ring substituents is 1. The fourth-order valence-corrected chi connectivity index (χ4v) is 2.31. The van der Waals surface area contributed by atoms with Crippen molar-refractivity contribution >= 4 is 23.0 Å².